The van der Waals surface area contributed by atoms with E-state index in [4.69, 9.17) is 49.0 Å². The normalized spacial score (nSPS) is 14.0. The zero-order chi connectivity index (χ0) is 29.8. The summed E-state index contributed by atoms with van der Waals surface area (Å²) in [5, 5.41) is 13.2. The van der Waals surface area contributed by atoms with Gasteiger partial charge in [-0.05, 0) is 79.1 Å². The molecule has 0 aromatic heterocycles. The summed E-state index contributed by atoms with van der Waals surface area (Å²) in [5.41, 5.74) is 1.45. The summed E-state index contributed by atoms with van der Waals surface area (Å²) in [7, 11) is 0. The molecule has 1 amide bonds. The second kappa shape index (κ2) is 12.9. The molecule has 0 fully saturated rings. The molecule has 4 aromatic carbocycles. The van der Waals surface area contributed by atoms with Crippen molar-refractivity contribution in [2.45, 2.75) is 18.8 Å². The molecular formula is C31H23Cl3FNO6. The fraction of sp³-hybridized carbons (Fsp3) is 0.161. The largest absolute Gasteiger partial charge is 0.493 e. The van der Waals surface area contributed by atoms with Crippen LogP contribution in [0.25, 0.3) is 0 Å². The van der Waals surface area contributed by atoms with Gasteiger partial charge in [0.25, 0.3) is 5.91 Å². The Morgan fingerprint density at radius 3 is 2.36 bits per heavy atom. The summed E-state index contributed by atoms with van der Waals surface area (Å²) in [4.78, 5) is 24.3. The minimum absolute atomic E-state index is 0.223. The van der Waals surface area contributed by atoms with Crippen molar-refractivity contribution in [3.8, 4) is 28.7 Å². The van der Waals surface area contributed by atoms with E-state index in [1.165, 1.54) is 18.2 Å². The van der Waals surface area contributed by atoms with Gasteiger partial charge in [-0.15, -0.1) is 0 Å². The molecule has 0 radical (unpaired) electrons. The number of amides is 1. The number of hydrogen-bond donors (Lipinski definition) is 2. The molecule has 7 nitrogen and oxygen atoms in total. The van der Waals surface area contributed by atoms with Crippen molar-refractivity contribution in [1.29, 1.82) is 0 Å². The molecular weight excluding hydrogens is 608 g/mol. The van der Waals surface area contributed by atoms with E-state index in [1.807, 2.05) is 0 Å². The van der Waals surface area contributed by atoms with E-state index in [1.54, 1.807) is 54.6 Å². The standard InChI is InChI=1S/C31H23Cl3FNO6/c32-24-7-6-21(14-25(24)33)42-27-8-3-19(35)13-18(27)9-11-36-30(37)17-1-4-20(5-2-17)41-29-16-28-23(15-26(29)34)22(31(38)39)10-12-40-28/h1-8,13-16,22H,9-12H2,(H,36,37)(H,38,39). The highest BCUT2D eigenvalue weighted by Gasteiger charge is 2.29. The van der Waals surface area contributed by atoms with Gasteiger partial charge in [0.1, 0.15) is 34.6 Å². The Balaban J connectivity index is 1.20. The summed E-state index contributed by atoms with van der Waals surface area (Å²) < 4.78 is 31.3. The molecule has 1 unspecified atom stereocenters. The molecule has 1 atom stereocenters. The Kier molecular flexibility index (Phi) is 9.06. The topological polar surface area (TPSA) is 94.1 Å². The lowest BCUT2D eigenvalue weighted by molar-refractivity contribution is -0.139. The molecule has 42 heavy (non-hydrogen) atoms. The van der Waals surface area contributed by atoms with E-state index in [0.717, 1.165) is 0 Å². The predicted molar refractivity (Wildman–Crippen MR) is 157 cm³/mol. The molecule has 2 N–H and O–H groups in total. The van der Waals surface area contributed by atoms with Gasteiger partial charge in [0, 0.05) is 29.8 Å². The molecule has 0 spiro atoms. The van der Waals surface area contributed by atoms with Crippen molar-refractivity contribution in [1.82, 2.24) is 5.32 Å². The van der Waals surface area contributed by atoms with Crippen LogP contribution in [0.15, 0.2) is 72.8 Å². The number of fused-ring (bicyclic) bond motifs is 1. The van der Waals surface area contributed by atoms with Crippen LogP contribution >= 0.6 is 34.8 Å². The quantitative estimate of drug-likeness (QED) is 0.193. The third kappa shape index (κ3) is 6.90. The average Bonchev–Trinajstić information content (AvgIpc) is 2.96. The Bertz CT molecular complexity index is 1650. The van der Waals surface area contributed by atoms with Gasteiger partial charge in [0.15, 0.2) is 0 Å². The number of rotatable bonds is 9. The lowest BCUT2D eigenvalue weighted by Crippen LogP contribution is -2.25. The SMILES string of the molecule is O=C(NCCc1cc(F)ccc1Oc1ccc(Cl)c(Cl)c1)c1ccc(Oc2cc3c(cc2Cl)C(C(=O)O)CCO3)cc1. The van der Waals surface area contributed by atoms with Gasteiger partial charge in [-0.2, -0.15) is 0 Å². The lowest BCUT2D eigenvalue weighted by atomic mass is 9.93. The zero-order valence-corrected chi connectivity index (χ0v) is 24.1. The number of carbonyl (C=O) groups is 2. The van der Waals surface area contributed by atoms with Crippen LogP contribution in [0.2, 0.25) is 15.1 Å². The zero-order valence-electron chi connectivity index (χ0n) is 21.8. The minimum Gasteiger partial charge on any atom is -0.493 e. The third-order valence-electron chi connectivity index (χ3n) is 6.57. The number of nitrogens with one attached hydrogen (secondary N) is 1. The van der Waals surface area contributed by atoms with Gasteiger partial charge in [-0.3, -0.25) is 9.59 Å². The molecule has 0 saturated heterocycles. The smallest absolute Gasteiger partial charge is 0.311 e. The van der Waals surface area contributed by atoms with Crippen LogP contribution in [0.5, 0.6) is 28.7 Å². The van der Waals surface area contributed by atoms with Crippen molar-refractivity contribution in [3.63, 3.8) is 0 Å². The number of benzene rings is 4. The fourth-order valence-electron chi connectivity index (χ4n) is 4.45. The number of halogens is 4. The van der Waals surface area contributed by atoms with Crippen molar-refractivity contribution in [3.05, 3.63) is 110 Å². The monoisotopic (exact) mass is 629 g/mol. The molecule has 1 aliphatic rings. The van der Waals surface area contributed by atoms with Crippen molar-refractivity contribution < 1.29 is 33.3 Å². The van der Waals surface area contributed by atoms with Crippen LogP contribution in [0.4, 0.5) is 4.39 Å². The number of hydrogen-bond acceptors (Lipinski definition) is 5. The van der Waals surface area contributed by atoms with Crippen LogP contribution in [0.1, 0.15) is 33.8 Å². The van der Waals surface area contributed by atoms with E-state index >= 15 is 0 Å². The van der Waals surface area contributed by atoms with E-state index in [2.05, 4.69) is 5.32 Å². The van der Waals surface area contributed by atoms with E-state index in [0.29, 0.717) is 68.3 Å². The first-order valence-electron chi connectivity index (χ1n) is 12.8. The second-order valence-corrected chi connectivity index (χ2v) is 10.6. The third-order valence-corrected chi connectivity index (χ3v) is 7.60. The van der Waals surface area contributed by atoms with E-state index in [-0.39, 0.29) is 24.1 Å². The number of ether oxygens (including phenoxy) is 3. The number of carboxylic acids is 1. The van der Waals surface area contributed by atoms with Crippen LogP contribution in [0, 0.1) is 5.82 Å². The van der Waals surface area contributed by atoms with Crippen molar-refractivity contribution in [2.24, 2.45) is 0 Å². The van der Waals surface area contributed by atoms with Crippen LogP contribution in [-0.4, -0.2) is 30.1 Å². The first-order valence-corrected chi connectivity index (χ1v) is 14.0. The van der Waals surface area contributed by atoms with Gasteiger partial charge in [-0.25, -0.2) is 4.39 Å². The molecule has 5 rings (SSSR count). The summed E-state index contributed by atoms with van der Waals surface area (Å²) in [6.07, 6.45) is 0.668. The Morgan fingerprint density at radius 1 is 0.881 bits per heavy atom. The molecule has 216 valence electrons. The van der Waals surface area contributed by atoms with Crippen LogP contribution in [0.3, 0.4) is 0 Å². The minimum atomic E-state index is -0.939. The Hall–Kier alpha value is -3.98. The maximum atomic E-state index is 14.0. The highest BCUT2D eigenvalue weighted by atomic mass is 35.5. The molecule has 1 aliphatic heterocycles. The number of carbonyl (C=O) groups excluding carboxylic acids is 1. The first-order chi connectivity index (χ1) is 20.2. The number of aliphatic carboxylic acids is 1. The highest BCUT2D eigenvalue weighted by Crippen LogP contribution is 2.42. The summed E-state index contributed by atoms with van der Waals surface area (Å²) in [6, 6.07) is 18.5. The molecule has 11 heteroatoms. The second-order valence-electron chi connectivity index (χ2n) is 9.41. The van der Waals surface area contributed by atoms with E-state index < -0.39 is 17.7 Å². The molecule has 1 heterocycles. The number of carboxylic acid groups (broad SMARTS) is 1. The first kappa shape index (κ1) is 29.5. The Labute approximate surface area is 255 Å². The lowest BCUT2D eigenvalue weighted by Gasteiger charge is -2.24. The average molecular weight is 631 g/mol. The maximum absolute atomic E-state index is 14.0. The van der Waals surface area contributed by atoms with E-state index in [9.17, 15) is 19.1 Å². The van der Waals surface area contributed by atoms with Gasteiger partial charge < -0.3 is 24.6 Å². The van der Waals surface area contributed by atoms with Crippen LogP contribution < -0.4 is 19.5 Å². The van der Waals surface area contributed by atoms with Crippen molar-refractivity contribution in [2.75, 3.05) is 13.2 Å². The highest BCUT2D eigenvalue weighted by molar-refractivity contribution is 6.42. The Morgan fingerprint density at radius 2 is 1.62 bits per heavy atom. The molecule has 4 aromatic rings. The van der Waals surface area contributed by atoms with Gasteiger partial charge in [-0.1, -0.05) is 34.8 Å². The van der Waals surface area contributed by atoms with Gasteiger partial charge in [0.05, 0.1) is 27.6 Å². The fourth-order valence-corrected chi connectivity index (χ4v) is 4.95. The maximum Gasteiger partial charge on any atom is 0.311 e. The van der Waals surface area contributed by atoms with Crippen LogP contribution in [-0.2, 0) is 11.2 Å². The summed E-state index contributed by atoms with van der Waals surface area (Å²) in [5.74, 6) is -0.395. The van der Waals surface area contributed by atoms with Gasteiger partial charge >= 0.3 is 5.97 Å². The van der Waals surface area contributed by atoms with Gasteiger partial charge in [0.2, 0.25) is 0 Å². The predicted octanol–water partition coefficient (Wildman–Crippen LogP) is 8.29. The summed E-state index contributed by atoms with van der Waals surface area (Å²) in [6.45, 7) is 0.500. The summed E-state index contributed by atoms with van der Waals surface area (Å²) >= 11 is 18.4. The molecule has 0 saturated carbocycles. The van der Waals surface area contributed by atoms with Crippen molar-refractivity contribution >= 4 is 46.7 Å². The molecule has 0 aliphatic carbocycles. The molecule has 0 bridgehead atoms.